The summed E-state index contributed by atoms with van der Waals surface area (Å²) in [4.78, 5) is 7.48. The third-order valence-corrected chi connectivity index (χ3v) is 3.51. The zero-order valence-electron chi connectivity index (χ0n) is 12.3. The number of rotatable bonds is 6. The second-order valence-corrected chi connectivity index (χ2v) is 4.98. The van der Waals surface area contributed by atoms with Crippen molar-refractivity contribution in [3.8, 4) is 11.4 Å². The van der Waals surface area contributed by atoms with Crippen molar-refractivity contribution in [2.24, 2.45) is 0 Å². The Kier molecular flexibility index (Phi) is 4.47. The van der Waals surface area contributed by atoms with Crippen LogP contribution in [0.1, 0.15) is 17.2 Å². The second-order valence-electron chi connectivity index (χ2n) is 4.98. The number of hydrogen-bond donors (Lipinski definition) is 1. The van der Waals surface area contributed by atoms with E-state index in [0.717, 1.165) is 22.5 Å². The van der Waals surface area contributed by atoms with Gasteiger partial charge in [-0.25, -0.2) is 4.98 Å². The van der Waals surface area contributed by atoms with Crippen molar-refractivity contribution in [1.82, 2.24) is 9.97 Å². The second kappa shape index (κ2) is 6.87. The summed E-state index contributed by atoms with van der Waals surface area (Å²) in [5, 5.41) is 0. The highest BCUT2D eigenvalue weighted by atomic mass is 16.5. The van der Waals surface area contributed by atoms with Gasteiger partial charge in [-0.05, 0) is 11.1 Å². The zero-order valence-corrected chi connectivity index (χ0v) is 12.3. The summed E-state index contributed by atoms with van der Waals surface area (Å²) in [6, 6.07) is 18.2. The fourth-order valence-corrected chi connectivity index (χ4v) is 2.42. The van der Waals surface area contributed by atoms with Gasteiger partial charge in [-0.2, -0.15) is 0 Å². The van der Waals surface area contributed by atoms with Crippen LogP contribution in [0.2, 0.25) is 0 Å². The molecule has 0 unspecified atom stereocenters. The SMILES string of the molecule is C=C[C@@H](OCc1ccccc1)c1ccccc1-c1ncc[nH]1. The summed E-state index contributed by atoms with van der Waals surface area (Å²) in [6.45, 7) is 4.46. The lowest BCUT2D eigenvalue weighted by Crippen LogP contribution is -2.04. The monoisotopic (exact) mass is 290 g/mol. The Labute approximate surface area is 130 Å². The Morgan fingerprint density at radius 1 is 1.09 bits per heavy atom. The molecule has 0 saturated carbocycles. The minimum atomic E-state index is -0.179. The highest BCUT2D eigenvalue weighted by molar-refractivity contribution is 5.61. The molecule has 0 aliphatic carbocycles. The summed E-state index contributed by atoms with van der Waals surface area (Å²) in [5.41, 5.74) is 3.23. The van der Waals surface area contributed by atoms with E-state index in [1.54, 1.807) is 6.20 Å². The van der Waals surface area contributed by atoms with E-state index in [0.29, 0.717) is 6.61 Å². The van der Waals surface area contributed by atoms with Gasteiger partial charge in [0.2, 0.25) is 0 Å². The van der Waals surface area contributed by atoms with Crippen molar-refractivity contribution in [1.29, 1.82) is 0 Å². The molecule has 1 atom stereocenters. The van der Waals surface area contributed by atoms with Gasteiger partial charge in [0.1, 0.15) is 11.9 Å². The molecule has 110 valence electrons. The molecule has 0 radical (unpaired) electrons. The molecule has 1 heterocycles. The first kappa shape index (κ1) is 14.3. The van der Waals surface area contributed by atoms with Crippen molar-refractivity contribution < 1.29 is 4.74 Å². The van der Waals surface area contributed by atoms with Gasteiger partial charge in [0.25, 0.3) is 0 Å². The van der Waals surface area contributed by atoms with Crippen LogP contribution in [-0.2, 0) is 11.3 Å². The van der Waals surface area contributed by atoms with Gasteiger partial charge in [0, 0.05) is 18.0 Å². The topological polar surface area (TPSA) is 37.9 Å². The summed E-state index contributed by atoms with van der Waals surface area (Å²) >= 11 is 0. The largest absolute Gasteiger partial charge is 0.365 e. The number of benzene rings is 2. The smallest absolute Gasteiger partial charge is 0.137 e. The summed E-state index contributed by atoms with van der Waals surface area (Å²) < 4.78 is 6.04. The Morgan fingerprint density at radius 2 is 1.86 bits per heavy atom. The molecule has 0 aliphatic heterocycles. The van der Waals surface area contributed by atoms with Gasteiger partial charge in [0.05, 0.1) is 6.61 Å². The maximum Gasteiger partial charge on any atom is 0.137 e. The van der Waals surface area contributed by atoms with Gasteiger partial charge in [-0.3, -0.25) is 0 Å². The van der Waals surface area contributed by atoms with Gasteiger partial charge in [-0.1, -0.05) is 60.7 Å². The van der Waals surface area contributed by atoms with Crippen LogP contribution in [0, 0.1) is 0 Å². The first-order valence-electron chi connectivity index (χ1n) is 7.25. The normalized spacial score (nSPS) is 12.0. The predicted octanol–water partition coefficient (Wildman–Crippen LogP) is 4.52. The number of aromatic nitrogens is 2. The van der Waals surface area contributed by atoms with Gasteiger partial charge in [-0.15, -0.1) is 6.58 Å². The molecule has 1 aromatic heterocycles. The van der Waals surface area contributed by atoms with E-state index in [1.165, 1.54) is 0 Å². The number of hydrogen-bond acceptors (Lipinski definition) is 2. The zero-order chi connectivity index (χ0) is 15.2. The lowest BCUT2D eigenvalue weighted by molar-refractivity contribution is 0.0724. The van der Waals surface area contributed by atoms with Crippen molar-refractivity contribution in [2.75, 3.05) is 0 Å². The van der Waals surface area contributed by atoms with E-state index in [1.807, 2.05) is 48.7 Å². The standard InChI is InChI=1S/C19H18N2O/c1-2-18(22-14-15-8-4-3-5-9-15)16-10-6-7-11-17(16)19-20-12-13-21-19/h2-13,18H,1,14H2,(H,20,21)/t18-/m1/s1. The van der Waals surface area contributed by atoms with Gasteiger partial charge in [0.15, 0.2) is 0 Å². The van der Waals surface area contributed by atoms with E-state index in [-0.39, 0.29) is 6.10 Å². The van der Waals surface area contributed by atoms with Gasteiger partial charge < -0.3 is 9.72 Å². The lowest BCUT2D eigenvalue weighted by Gasteiger charge is -2.17. The van der Waals surface area contributed by atoms with Crippen molar-refractivity contribution in [2.45, 2.75) is 12.7 Å². The molecular formula is C19H18N2O. The van der Waals surface area contributed by atoms with E-state index >= 15 is 0 Å². The molecule has 0 aliphatic rings. The quantitative estimate of drug-likeness (QED) is 0.678. The summed E-state index contributed by atoms with van der Waals surface area (Å²) in [5.74, 6) is 0.839. The Hall–Kier alpha value is -2.65. The van der Waals surface area contributed by atoms with E-state index in [2.05, 4.69) is 34.7 Å². The fraction of sp³-hybridized carbons (Fsp3) is 0.105. The molecule has 0 fully saturated rings. The Bertz CT molecular complexity index is 720. The molecule has 22 heavy (non-hydrogen) atoms. The molecule has 0 saturated heterocycles. The third kappa shape index (κ3) is 3.15. The van der Waals surface area contributed by atoms with Crippen LogP contribution in [0.3, 0.4) is 0 Å². The third-order valence-electron chi connectivity index (χ3n) is 3.51. The summed E-state index contributed by atoms with van der Waals surface area (Å²) in [6.07, 6.45) is 5.21. The van der Waals surface area contributed by atoms with Gasteiger partial charge >= 0.3 is 0 Å². The average molecular weight is 290 g/mol. The molecule has 2 aromatic carbocycles. The van der Waals surface area contributed by atoms with Crippen molar-refractivity contribution >= 4 is 0 Å². The van der Waals surface area contributed by atoms with Crippen LogP contribution in [0.4, 0.5) is 0 Å². The number of aromatic amines is 1. The molecule has 3 heteroatoms. The molecule has 3 rings (SSSR count). The average Bonchev–Trinajstić information content (AvgIpc) is 3.11. The van der Waals surface area contributed by atoms with Crippen LogP contribution in [0.5, 0.6) is 0 Å². The highest BCUT2D eigenvalue weighted by Crippen LogP contribution is 2.29. The maximum absolute atomic E-state index is 6.04. The number of nitrogens with zero attached hydrogens (tertiary/aromatic N) is 1. The molecule has 3 nitrogen and oxygen atoms in total. The minimum absolute atomic E-state index is 0.179. The van der Waals surface area contributed by atoms with Crippen LogP contribution in [0.15, 0.2) is 79.6 Å². The molecule has 0 spiro atoms. The highest BCUT2D eigenvalue weighted by Gasteiger charge is 2.15. The Balaban J connectivity index is 1.83. The minimum Gasteiger partial charge on any atom is -0.365 e. The molecule has 0 amide bonds. The van der Waals surface area contributed by atoms with Crippen molar-refractivity contribution in [3.63, 3.8) is 0 Å². The van der Waals surface area contributed by atoms with Crippen LogP contribution < -0.4 is 0 Å². The Morgan fingerprint density at radius 3 is 2.59 bits per heavy atom. The first-order chi connectivity index (χ1) is 10.9. The predicted molar refractivity (Wildman–Crippen MR) is 88.2 cm³/mol. The number of nitrogens with one attached hydrogen (secondary N) is 1. The van der Waals surface area contributed by atoms with E-state index in [4.69, 9.17) is 4.74 Å². The first-order valence-corrected chi connectivity index (χ1v) is 7.25. The van der Waals surface area contributed by atoms with Crippen LogP contribution in [-0.4, -0.2) is 9.97 Å². The van der Waals surface area contributed by atoms with Crippen LogP contribution >= 0.6 is 0 Å². The number of imidazole rings is 1. The van der Waals surface area contributed by atoms with E-state index < -0.39 is 0 Å². The number of H-pyrrole nitrogens is 1. The molecule has 3 aromatic rings. The lowest BCUT2D eigenvalue weighted by atomic mass is 10.0. The molecule has 0 bridgehead atoms. The fourth-order valence-electron chi connectivity index (χ4n) is 2.42. The maximum atomic E-state index is 6.04. The number of ether oxygens (including phenoxy) is 1. The molecule has 1 N–H and O–H groups in total. The van der Waals surface area contributed by atoms with Crippen molar-refractivity contribution in [3.05, 3.63) is 90.8 Å². The van der Waals surface area contributed by atoms with Crippen LogP contribution in [0.25, 0.3) is 11.4 Å². The molecular weight excluding hydrogens is 272 g/mol. The van der Waals surface area contributed by atoms with E-state index in [9.17, 15) is 0 Å². The summed E-state index contributed by atoms with van der Waals surface area (Å²) in [7, 11) is 0.